The molecule has 3 rings (SSSR count). The van der Waals surface area contributed by atoms with Gasteiger partial charge in [-0.1, -0.05) is 30.3 Å². The second kappa shape index (κ2) is 7.88. The molecule has 134 valence electrons. The standard InChI is InChI=1S/C18H17ClFN5S/c1-3-4-5-12-10(2)8-11(9-22-12)26-18-24-16(21)14-15(19)13(6-7-20)23-17(14)25-18/h3-5,8-9H,1,6-7H2,2H3,(H3,21,23,24,25)/b5-4-. The van der Waals surface area contributed by atoms with Gasteiger partial charge >= 0.3 is 0 Å². The smallest absolute Gasteiger partial charge is 0.196 e. The van der Waals surface area contributed by atoms with Crippen LogP contribution < -0.4 is 5.73 Å². The lowest BCUT2D eigenvalue weighted by molar-refractivity contribution is 0.493. The van der Waals surface area contributed by atoms with Gasteiger partial charge in [-0.15, -0.1) is 0 Å². The van der Waals surface area contributed by atoms with Crippen LogP contribution >= 0.6 is 23.4 Å². The van der Waals surface area contributed by atoms with Crippen LogP contribution in [-0.2, 0) is 6.42 Å². The van der Waals surface area contributed by atoms with Crippen molar-refractivity contribution in [3.63, 3.8) is 0 Å². The number of aryl methyl sites for hydroxylation is 2. The lowest BCUT2D eigenvalue weighted by Crippen LogP contribution is -1.96. The van der Waals surface area contributed by atoms with Gasteiger partial charge in [0.05, 0.1) is 22.8 Å². The van der Waals surface area contributed by atoms with Crippen LogP contribution in [0.15, 0.2) is 41.0 Å². The van der Waals surface area contributed by atoms with Gasteiger partial charge in [-0.2, -0.15) is 0 Å². The lowest BCUT2D eigenvalue weighted by atomic mass is 10.2. The SMILES string of the molecule is C=C/C=C\c1ncc(Sc2nc(N)c3c(Cl)c(CCF)[nH]c3n2)cc1C. The summed E-state index contributed by atoms with van der Waals surface area (Å²) in [4.78, 5) is 17.1. The Bertz CT molecular complexity index is 999. The first kappa shape index (κ1) is 18.4. The Morgan fingerprint density at radius 2 is 2.23 bits per heavy atom. The summed E-state index contributed by atoms with van der Waals surface area (Å²) in [5.74, 6) is 0.263. The highest BCUT2D eigenvalue weighted by Gasteiger charge is 2.16. The number of hydrogen-bond donors (Lipinski definition) is 2. The van der Waals surface area contributed by atoms with Crippen LogP contribution in [0.1, 0.15) is 17.0 Å². The molecule has 0 aromatic carbocycles. The highest BCUT2D eigenvalue weighted by molar-refractivity contribution is 7.99. The van der Waals surface area contributed by atoms with Crippen molar-refractivity contribution in [2.24, 2.45) is 0 Å². The van der Waals surface area contributed by atoms with Gasteiger partial charge in [-0.25, -0.2) is 9.97 Å². The van der Waals surface area contributed by atoms with Gasteiger partial charge in [-0.05, 0) is 36.4 Å². The van der Waals surface area contributed by atoms with Gasteiger partial charge in [0.25, 0.3) is 0 Å². The third-order valence-electron chi connectivity index (χ3n) is 3.71. The number of fused-ring (bicyclic) bond motifs is 1. The normalized spacial score (nSPS) is 11.5. The van der Waals surface area contributed by atoms with Crippen LogP contribution in [0.3, 0.4) is 0 Å². The fraction of sp³-hybridized carbons (Fsp3) is 0.167. The van der Waals surface area contributed by atoms with Gasteiger partial charge in [0.2, 0.25) is 0 Å². The second-order valence-electron chi connectivity index (χ2n) is 5.54. The molecule has 26 heavy (non-hydrogen) atoms. The van der Waals surface area contributed by atoms with Crippen molar-refractivity contribution >= 4 is 46.3 Å². The molecule has 8 heteroatoms. The Balaban J connectivity index is 1.93. The lowest BCUT2D eigenvalue weighted by Gasteiger charge is -2.05. The van der Waals surface area contributed by atoms with Crippen molar-refractivity contribution in [3.05, 3.63) is 53.0 Å². The van der Waals surface area contributed by atoms with Crippen LogP contribution in [0, 0.1) is 6.92 Å². The van der Waals surface area contributed by atoms with E-state index in [0.717, 1.165) is 16.2 Å². The fourth-order valence-electron chi connectivity index (χ4n) is 2.48. The highest BCUT2D eigenvalue weighted by Crippen LogP contribution is 2.33. The van der Waals surface area contributed by atoms with E-state index in [1.54, 1.807) is 12.3 Å². The zero-order chi connectivity index (χ0) is 18.7. The summed E-state index contributed by atoms with van der Waals surface area (Å²) in [5.41, 5.74) is 9.00. The number of nitrogens with two attached hydrogens (primary N) is 1. The number of allylic oxidation sites excluding steroid dienone is 2. The summed E-state index contributed by atoms with van der Waals surface area (Å²) in [6.07, 6.45) is 7.36. The van der Waals surface area contributed by atoms with Crippen molar-refractivity contribution in [1.29, 1.82) is 0 Å². The van der Waals surface area contributed by atoms with E-state index in [-0.39, 0.29) is 12.2 Å². The molecule has 0 radical (unpaired) electrons. The van der Waals surface area contributed by atoms with Gasteiger partial charge in [0.15, 0.2) is 5.16 Å². The van der Waals surface area contributed by atoms with E-state index in [9.17, 15) is 4.39 Å². The van der Waals surface area contributed by atoms with Gasteiger partial charge < -0.3 is 10.7 Å². The minimum absolute atomic E-state index is 0.180. The molecule has 3 heterocycles. The summed E-state index contributed by atoms with van der Waals surface area (Å²) in [7, 11) is 0. The number of aromatic amines is 1. The molecule has 5 nitrogen and oxygen atoms in total. The summed E-state index contributed by atoms with van der Waals surface area (Å²) in [6, 6.07) is 2.00. The van der Waals surface area contributed by atoms with Crippen molar-refractivity contribution < 1.29 is 4.39 Å². The van der Waals surface area contributed by atoms with Crippen molar-refractivity contribution in [1.82, 2.24) is 19.9 Å². The summed E-state index contributed by atoms with van der Waals surface area (Å²) < 4.78 is 12.6. The van der Waals surface area contributed by atoms with Crippen LogP contribution in [0.25, 0.3) is 17.1 Å². The first-order valence-electron chi connectivity index (χ1n) is 7.86. The maximum absolute atomic E-state index is 12.6. The number of alkyl halides is 1. The number of halogens is 2. The number of rotatable bonds is 6. The predicted molar refractivity (Wildman–Crippen MR) is 105 cm³/mol. The van der Waals surface area contributed by atoms with Crippen LogP contribution in [-0.4, -0.2) is 26.6 Å². The number of hydrogen-bond acceptors (Lipinski definition) is 5. The zero-order valence-electron chi connectivity index (χ0n) is 14.1. The molecule has 3 aromatic rings. The largest absolute Gasteiger partial charge is 0.383 e. The molecule has 0 unspecified atom stereocenters. The van der Waals surface area contributed by atoms with E-state index in [1.807, 2.05) is 25.1 Å². The third-order valence-corrected chi connectivity index (χ3v) is 4.95. The third kappa shape index (κ3) is 3.73. The molecule has 0 saturated heterocycles. The summed E-state index contributed by atoms with van der Waals surface area (Å²) in [6.45, 7) is 5.11. The van der Waals surface area contributed by atoms with E-state index in [1.165, 1.54) is 11.8 Å². The molecule has 0 saturated carbocycles. The fourth-order valence-corrected chi connectivity index (χ4v) is 3.64. The Morgan fingerprint density at radius 3 is 2.92 bits per heavy atom. The van der Waals surface area contributed by atoms with Crippen molar-refractivity contribution in [3.8, 4) is 0 Å². The predicted octanol–water partition coefficient (Wildman–Crippen LogP) is 4.76. The first-order valence-corrected chi connectivity index (χ1v) is 9.06. The quantitative estimate of drug-likeness (QED) is 0.469. The van der Waals surface area contributed by atoms with E-state index in [2.05, 4.69) is 26.5 Å². The minimum atomic E-state index is -0.515. The maximum Gasteiger partial charge on any atom is 0.196 e. The topological polar surface area (TPSA) is 80.5 Å². The molecule has 0 spiro atoms. The summed E-state index contributed by atoms with van der Waals surface area (Å²) in [5, 5.41) is 1.37. The number of anilines is 1. The molecule has 0 bridgehead atoms. The Kier molecular flexibility index (Phi) is 5.58. The van der Waals surface area contributed by atoms with Crippen LogP contribution in [0.2, 0.25) is 5.02 Å². The van der Waals surface area contributed by atoms with Crippen molar-refractivity contribution in [2.45, 2.75) is 23.4 Å². The van der Waals surface area contributed by atoms with E-state index in [0.29, 0.717) is 26.9 Å². The molecule has 0 atom stereocenters. The molecule has 0 amide bonds. The van der Waals surface area contributed by atoms with E-state index in [4.69, 9.17) is 17.3 Å². The number of nitrogens with one attached hydrogen (secondary N) is 1. The molecule has 0 fully saturated rings. The average molecular weight is 390 g/mol. The molecule has 0 aliphatic rings. The van der Waals surface area contributed by atoms with Gasteiger partial charge in [0.1, 0.15) is 11.5 Å². The van der Waals surface area contributed by atoms with E-state index < -0.39 is 6.67 Å². The summed E-state index contributed by atoms with van der Waals surface area (Å²) >= 11 is 7.59. The number of nitrogen functional groups attached to an aromatic ring is 1. The maximum atomic E-state index is 12.6. The number of aromatic nitrogens is 4. The number of H-pyrrole nitrogens is 1. The van der Waals surface area contributed by atoms with Crippen LogP contribution in [0.5, 0.6) is 0 Å². The molecule has 3 N–H and O–H groups in total. The van der Waals surface area contributed by atoms with E-state index >= 15 is 0 Å². The second-order valence-corrected chi connectivity index (χ2v) is 6.96. The Morgan fingerprint density at radius 1 is 1.42 bits per heavy atom. The van der Waals surface area contributed by atoms with Gasteiger partial charge in [0, 0.05) is 23.2 Å². The van der Waals surface area contributed by atoms with Gasteiger partial charge in [-0.3, -0.25) is 9.37 Å². The molecular formula is C18H17ClFN5S. The highest BCUT2D eigenvalue weighted by atomic mass is 35.5. The van der Waals surface area contributed by atoms with Crippen molar-refractivity contribution in [2.75, 3.05) is 12.4 Å². The molecule has 3 aromatic heterocycles. The zero-order valence-corrected chi connectivity index (χ0v) is 15.7. The minimum Gasteiger partial charge on any atom is -0.383 e. The Hall–Kier alpha value is -2.38. The average Bonchev–Trinajstić information content (AvgIpc) is 2.91. The number of nitrogens with zero attached hydrogens (tertiary/aromatic N) is 3. The first-order chi connectivity index (χ1) is 12.5. The monoisotopic (exact) mass is 389 g/mol. The van der Waals surface area contributed by atoms with Crippen LogP contribution in [0.4, 0.5) is 10.2 Å². The number of pyridine rings is 1. The molecular weight excluding hydrogens is 373 g/mol. The Labute approximate surface area is 159 Å². The molecule has 0 aliphatic carbocycles. The molecule has 0 aliphatic heterocycles.